The van der Waals surface area contributed by atoms with Gasteiger partial charge in [-0.25, -0.2) is 4.98 Å². The minimum absolute atomic E-state index is 0.124. The molecule has 0 saturated heterocycles. The summed E-state index contributed by atoms with van der Waals surface area (Å²) in [7, 11) is 0. The minimum Gasteiger partial charge on any atom is -0.292 e. The molecule has 1 heterocycles. The van der Waals surface area contributed by atoms with Crippen molar-refractivity contribution in [1.82, 2.24) is 10.3 Å². The lowest BCUT2D eigenvalue weighted by Gasteiger charge is -2.43. The van der Waals surface area contributed by atoms with Crippen LogP contribution in [0.15, 0.2) is 23.4 Å². The summed E-state index contributed by atoms with van der Waals surface area (Å²) in [6, 6.07) is 3.51. The van der Waals surface area contributed by atoms with Gasteiger partial charge in [-0.1, -0.05) is 45.4 Å². The van der Waals surface area contributed by atoms with Gasteiger partial charge in [0.05, 0.1) is 5.56 Å². The van der Waals surface area contributed by atoms with E-state index in [1.807, 2.05) is 0 Å². The largest absolute Gasteiger partial charge is 0.292 e. The van der Waals surface area contributed by atoms with Crippen molar-refractivity contribution in [3.8, 4) is 0 Å². The van der Waals surface area contributed by atoms with Gasteiger partial charge in [0.25, 0.3) is 5.91 Å². The molecule has 1 fully saturated rings. The van der Waals surface area contributed by atoms with Crippen molar-refractivity contribution in [2.45, 2.75) is 76.0 Å². The van der Waals surface area contributed by atoms with Gasteiger partial charge in [0, 0.05) is 17.9 Å². The number of amides is 2. The lowest BCUT2D eigenvalue weighted by atomic mass is 9.72. The Bertz CT molecular complexity index is 605. The number of hydrogen-bond donors (Lipinski definition) is 1. The molecule has 138 valence electrons. The van der Waals surface area contributed by atoms with Gasteiger partial charge in [-0.2, -0.15) is 0 Å². The van der Waals surface area contributed by atoms with Crippen LogP contribution in [-0.4, -0.2) is 21.5 Å². The van der Waals surface area contributed by atoms with Crippen LogP contribution < -0.4 is 5.32 Å². The zero-order valence-corrected chi connectivity index (χ0v) is 16.6. The lowest BCUT2D eigenvalue weighted by molar-refractivity contribution is -0.118. The van der Waals surface area contributed by atoms with Gasteiger partial charge in [-0.15, -0.1) is 0 Å². The fourth-order valence-corrected chi connectivity index (χ4v) is 5.49. The summed E-state index contributed by atoms with van der Waals surface area (Å²) in [5, 5.41) is 3.12. The van der Waals surface area contributed by atoms with Gasteiger partial charge in [-0.3, -0.25) is 14.9 Å². The van der Waals surface area contributed by atoms with E-state index < -0.39 is 0 Å². The molecule has 0 aromatic carbocycles. The highest BCUT2D eigenvalue weighted by Gasteiger charge is 2.40. The number of carbonyl (C=O) groups excluding carboxylic acids is 2. The summed E-state index contributed by atoms with van der Waals surface area (Å²) >= 11 is 1.75. The number of aromatic nitrogens is 1. The van der Waals surface area contributed by atoms with Crippen LogP contribution in [-0.2, 0) is 4.79 Å². The maximum atomic E-state index is 12.4. The van der Waals surface area contributed by atoms with E-state index in [9.17, 15) is 9.59 Å². The van der Waals surface area contributed by atoms with E-state index in [1.54, 1.807) is 30.1 Å². The summed E-state index contributed by atoms with van der Waals surface area (Å²) in [5.74, 6) is 0.780. The third-order valence-corrected chi connectivity index (χ3v) is 6.98. The van der Waals surface area contributed by atoms with Gasteiger partial charge >= 0.3 is 0 Å². The van der Waals surface area contributed by atoms with Crippen LogP contribution in [0.25, 0.3) is 0 Å². The number of imide groups is 1. The van der Waals surface area contributed by atoms with Crippen LogP contribution >= 0.6 is 11.8 Å². The van der Waals surface area contributed by atoms with Crippen LogP contribution in [0.2, 0.25) is 0 Å². The topological polar surface area (TPSA) is 59.1 Å². The van der Waals surface area contributed by atoms with E-state index in [0.29, 0.717) is 5.56 Å². The Morgan fingerprint density at radius 3 is 2.40 bits per heavy atom. The number of nitrogens with one attached hydrogen (secondary N) is 1. The second-order valence-electron chi connectivity index (χ2n) is 7.20. The molecular formula is C20H30N2O2S. The number of hydrogen-bond acceptors (Lipinski definition) is 4. The van der Waals surface area contributed by atoms with Crippen molar-refractivity contribution >= 4 is 23.6 Å². The Hall–Kier alpha value is -1.36. The lowest BCUT2D eigenvalue weighted by Crippen LogP contribution is -2.36. The van der Waals surface area contributed by atoms with Gasteiger partial charge in [0.1, 0.15) is 5.03 Å². The van der Waals surface area contributed by atoms with Gasteiger partial charge in [-0.05, 0) is 49.7 Å². The molecule has 2 atom stereocenters. The van der Waals surface area contributed by atoms with E-state index in [1.165, 1.54) is 39.0 Å². The minimum atomic E-state index is -0.357. The summed E-state index contributed by atoms with van der Waals surface area (Å²) in [6.07, 6.45) is 8.87. The maximum Gasteiger partial charge on any atom is 0.260 e. The number of pyridine rings is 1. The highest BCUT2D eigenvalue weighted by atomic mass is 32.2. The molecule has 1 N–H and O–H groups in total. The van der Waals surface area contributed by atoms with Crippen LogP contribution in [0, 0.1) is 11.8 Å². The quantitative estimate of drug-likeness (QED) is 0.787. The van der Waals surface area contributed by atoms with Crippen molar-refractivity contribution in [3.63, 3.8) is 0 Å². The van der Waals surface area contributed by atoms with Crippen molar-refractivity contribution in [2.24, 2.45) is 11.8 Å². The molecule has 4 nitrogen and oxygen atoms in total. The van der Waals surface area contributed by atoms with Crippen LogP contribution in [0.1, 0.15) is 76.6 Å². The van der Waals surface area contributed by atoms with Gasteiger partial charge in [0.2, 0.25) is 5.91 Å². The highest BCUT2D eigenvalue weighted by Crippen LogP contribution is 2.51. The molecule has 1 saturated carbocycles. The Morgan fingerprint density at radius 2 is 1.88 bits per heavy atom. The molecule has 0 spiro atoms. The Morgan fingerprint density at radius 1 is 1.24 bits per heavy atom. The molecule has 5 heteroatoms. The predicted octanol–water partition coefficient (Wildman–Crippen LogP) is 4.84. The average molecular weight is 363 g/mol. The molecule has 1 aliphatic rings. The molecule has 2 rings (SSSR count). The SMILES string of the molecule is CCC1CC(CC)CC(CC)(Sc2ncccc2C(=O)NC(C)=O)C1. The Balaban J connectivity index is 2.29. The van der Waals surface area contributed by atoms with Crippen molar-refractivity contribution in [2.75, 3.05) is 0 Å². The number of rotatable bonds is 6. The second kappa shape index (κ2) is 8.84. The van der Waals surface area contributed by atoms with E-state index in [-0.39, 0.29) is 16.6 Å². The average Bonchev–Trinajstić information content (AvgIpc) is 2.61. The number of carbonyl (C=O) groups is 2. The first-order chi connectivity index (χ1) is 11.9. The summed E-state index contributed by atoms with van der Waals surface area (Å²) in [6.45, 7) is 8.16. The molecule has 2 amide bonds. The van der Waals surface area contributed by atoms with Crippen molar-refractivity contribution < 1.29 is 9.59 Å². The van der Waals surface area contributed by atoms with Crippen molar-refractivity contribution in [1.29, 1.82) is 0 Å². The van der Waals surface area contributed by atoms with Crippen molar-refractivity contribution in [3.05, 3.63) is 23.9 Å². The van der Waals surface area contributed by atoms with Crippen LogP contribution in [0.3, 0.4) is 0 Å². The Kier molecular flexibility index (Phi) is 7.05. The molecule has 1 aromatic rings. The maximum absolute atomic E-state index is 12.4. The molecular weight excluding hydrogens is 332 g/mol. The second-order valence-corrected chi connectivity index (χ2v) is 8.65. The van der Waals surface area contributed by atoms with Crippen LogP contribution in [0.5, 0.6) is 0 Å². The van der Waals surface area contributed by atoms with E-state index in [0.717, 1.165) is 23.3 Å². The smallest absolute Gasteiger partial charge is 0.260 e. The first kappa shape index (κ1) is 20.0. The fourth-order valence-electron chi connectivity index (χ4n) is 3.92. The third kappa shape index (κ3) is 5.06. The molecule has 0 bridgehead atoms. The number of thioether (sulfide) groups is 1. The zero-order valence-electron chi connectivity index (χ0n) is 15.8. The third-order valence-electron chi connectivity index (χ3n) is 5.41. The molecule has 2 unspecified atom stereocenters. The summed E-state index contributed by atoms with van der Waals surface area (Å²) in [5.41, 5.74) is 0.502. The number of nitrogens with zero attached hydrogens (tertiary/aromatic N) is 1. The molecule has 0 radical (unpaired) electrons. The van der Waals surface area contributed by atoms with E-state index in [2.05, 4.69) is 31.1 Å². The molecule has 0 aliphatic heterocycles. The predicted molar refractivity (Wildman–Crippen MR) is 103 cm³/mol. The molecule has 25 heavy (non-hydrogen) atoms. The highest BCUT2D eigenvalue weighted by molar-refractivity contribution is 8.00. The molecule has 1 aliphatic carbocycles. The first-order valence-electron chi connectivity index (χ1n) is 9.39. The molecule has 1 aromatic heterocycles. The van der Waals surface area contributed by atoms with Gasteiger partial charge < -0.3 is 0 Å². The van der Waals surface area contributed by atoms with E-state index in [4.69, 9.17) is 0 Å². The van der Waals surface area contributed by atoms with Gasteiger partial charge in [0.15, 0.2) is 0 Å². The first-order valence-corrected chi connectivity index (χ1v) is 10.2. The van der Waals surface area contributed by atoms with E-state index >= 15 is 0 Å². The monoisotopic (exact) mass is 362 g/mol. The Labute approximate surface area is 155 Å². The summed E-state index contributed by atoms with van der Waals surface area (Å²) < 4.78 is 0.124. The standard InChI is InChI=1S/C20H30N2O2S/c1-5-15-11-16(6-2)13-20(7-3,12-15)25-19-17(9-8-10-21-19)18(24)22-14(4)23/h8-10,15-16H,5-7,11-13H2,1-4H3,(H,22,23,24). The normalized spacial score (nSPS) is 26.2. The summed E-state index contributed by atoms with van der Waals surface area (Å²) in [4.78, 5) is 28.1. The zero-order chi connectivity index (χ0) is 18.4. The van der Waals surface area contributed by atoms with Crippen LogP contribution in [0.4, 0.5) is 0 Å². The fraction of sp³-hybridized carbons (Fsp3) is 0.650.